The lowest BCUT2D eigenvalue weighted by atomic mass is 9.83. The minimum Gasteiger partial charge on any atom is -0.507 e. The van der Waals surface area contributed by atoms with Crippen molar-refractivity contribution in [2.24, 2.45) is 0 Å². The van der Waals surface area contributed by atoms with Gasteiger partial charge in [-0.25, -0.2) is 0 Å². The monoisotopic (exact) mass is 539 g/mol. The van der Waals surface area contributed by atoms with Gasteiger partial charge >= 0.3 is 6.18 Å². The minimum absolute atomic E-state index is 0. The van der Waals surface area contributed by atoms with Gasteiger partial charge in [-0.3, -0.25) is 4.90 Å². The molecule has 0 bridgehead atoms. The second-order valence-electron chi connectivity index (χ2n) is 11.0. The first kappa shape index (κ1) is 30.0. The van der Waals surface area contributed by atoms with Crippen molar-refractivity contribution in [3.05, 3.63) is 87.9 Å². The number of hydrogen-bond donors (Lipinski definition) is 1. The van der Waals surface area contributed by atoms with Crippen molar-refractivity contribution >= 4 is 24.0 Å². The molecule has 1 N–H and O–H groups in total. The van der Waals surface area contributed by atoms with E-state index in [-0.39, 0.29) is 39.7 Å². The highest BCUT2D eigenvalue weighted by molar-refractivity contribution is 6.31. The van der Waals surface area contributed by atoms with Crippen molar-refractivity contribution in [2.75, 3.05) is 0 Å². The van der Waals surface area contributed by atoms with E-state index in [4.69, 9.17) is 11.6 Å². The van der Waals surface area contributed by atoms with Crippen LogP contribution >= 0.6 is 24.0 Å². The average Bonchev–Trinajstić information content (AvgIpc) is 2.73. The number of nitrogens with zero attached hydrogens (tertiary/aromatic N) is 1. The highest BCUT2D eigenvalue weighted by Gasteiger charge is 2.34. The molecule has 0 aliphatic rings. The number of halogens is 5. The van der Waals surface area contributed by atoms with Crippen LogP contribution in [0.2, 0.25) is 5.02 Å². The van der Waals surface area contributed by atoms with Crippen molar-refractivity contribution in [1.82, 2.24) is 4.90 Å². The van der Waals surface area contributed by atoms with Gasteiger partial charge in [0.2, 0.25) is 0 Å². The molecular formula is C29H34Cl2F3NO. The molecule has 0 radical (unpaired) electrons. The predicted octanol–water partition coefficient (Wildman–Crippen LogP) is 9.25. The summed E-state index contributed by atoms with van der Waals surface area (Å²) in [7, 11) is 0. The molecule has 0 fully saturated rings. The Bertz CT molecular complexity index is 1180. The van der Waals surface area contributed by atoms with Gasteiger partial charge in [0.1, 0.15) is 5.75 Å². The highest BCUT2D eigenvalue weighted by atomic mass is 35.5. The van der Waals surface area contributed by atoms with Gasteiger partial charge in [0.15, 0.2) is 0 Å². The van der Waals surface area contributed by atoms with Gasteiger partial charge in [0, 0.05) is 29.8 Å². The highest BCUT2D eigenvalue weighted by Crippen LogP contribution is 2.42. The zero-order valence-corrected chi connectivity index (χ0v) is 23.1. The molecule has 0 saturated carbocycles. The molecule has 0 aliphatic carbocycles. The zero-order chi connectivity index (χ0) is 26.2. The van der Waals surface area contributed by atoms with Crippen LogP contribution in [-0.4, -0.2) is 15.5 Å². The van der Waals surface area contributed by atoms with Crippen molar-refractivity contribution in [2.45, 2.75) is 71.8 Å². The zero-order valence-electron chi connectivity index (χ0n) is 21.5. The number of rotatable bonds is 5. The Morgan fingerprint density at radius 2 is 1.44 bits per heavy atom. The van der Waals surface area contributed by atoms with Crippen LogP contribution in [0.25, 0.3) is 11.1 Å². The number of alkyl halides is 3. The van der Waals surface area contributed by atoms with Gasteiger partial charge in [0.05, 0.1) is 10.6 Å². The van der Waals surface area contributed by atoms with E-state index in [0.717, 1.165) is 17.2 Å². The summed E-state index contributed by atoms with van der Waals surface area (Å²) < 4.78 is 40.6. The summed E-state index contributed by atoms with van der Waals surface area (Å²) >= 11 is 5.85. The van der Waals surface area contributed by atoms with E-state index in [1.165, 1.54) is 12.1 Å². The van der Waals surface area contributed by atoms with Gasteiger partial charge in [-0.15, -0.1) is 12.4 Å². The van der Waals surface area contributed by atoms with Crippen molar-refractivity contribution in [3.8, 4) is 16.9 Å². The van der Waals surface area contributed by atoms with Crippen LogP contribution in [0.5, 0.6) is 5.75 Å². The molecule has 0 aromatic heterocycles. The second-order valence-corrected chi connectivity index (χ2v) is 11.4. The Kier molecular flexibility index (Phi) is 9.20. The summed E-state index contributed by atoms with van der Waals surface area (Å²) in [6.45, 7) is 13.5. The fourth-order valence-corrected chi connectivity index (χ4v) is 4.14. The van der Waals surface area contributed by atoms with E-state index in [2.05, 4.69) is 37.8 Å². The first-order valence-corrected chi connectivity index (χ1v) is 12.0. The molecule has 2 nitrogen and oxygen atoms in total. The van der Waals surface area contributed by atoms with E-state index in [1.54, 1.807) is 6.07 Å². The Hall–Kier alpha value is -2.21. The third-order valence-corrected chi connectivity index (χ3v) is 6.49. The molecule has 0 spiro atoms. The van der Waals surface area contributed by atoms with Crippen LogP contribution < -0.4 is 0 Å². The molecule has 7 heteroatoms. The maximum atomic E-state index is 13.5. The lowest BCUT2D eigenvalue weighted by molar-refractivity contribution is -0.137. The Morgan fingerprint density at radius 3 is 1.97 bits per heavy atom. The number of phenolic OH excluding ortho intramolecular Hbond substituents is 1. The molecule has 0 unspecified atom stereocenters. The minimum atomic E-state index is -4.59. The van der Waals surface area contributed by atoms with Gasteiger partial charge < -0.3 is 5.11 Å². The number of aromatic hydroxyl groups is 1. The molecule has 0 saturated heterocycles. The Morgan fingerprint density at radius 1 is 0.833 bits per heavy atom. The summed E-state index contributed by atoms with van der Waals surface area (Å²) in [4.78, 5) is 2.25. The molecule has 0 heterocycles. The fourth-order valence-electron chi connectivity index (χ4n) is 3.92. The van der Waals surface area contributed by atoms with Crippen LogP contribution in [0.3, 0.4) is 0 Å². The van der Waals surface area contributed by atoms with E-state index >= 15 is 0 Å². The molecule has 0 amide bonds. The standard InChI is InChI=1S/C29H33ClF3NO.ClH/c1-27(2,3)22-14-21(18-34(28(4,5)6)17-19-10-8-7-9-11-19)26(35)23(16-22)20-12-13-25(30)24(15-20)29(31,32)33;/h7-16,35H,17-18H2,1-6H3;1H. The number of phenols is 1. The lowest BCUT2D eigenvalue weighted by Crippen LogP contribution is -2.40. The van der Waals surface area contributed by atoms with Crippen molar-refractivity contribution in [1.29, 1.82) is 0 Å². The van der Waals surface area contributed by atoms with Crippen LogP contribution in [-0.2, 0) is 24.7 Å². The number of hydrogen-bond acceptors (Lipinski definition) is 2. The predicted molar refractivity (Wildman–Crippen MR) is 145 cm³/mol. The fraction of sp³-hybridized carbons (Fsp3) is 0.379. The maximum Gasteiger partial charge on any atom is 0.417 e. The van der Waals surface area contributed by atoms with E-state index < -0.39 is 11.7 Å². The summed E-state index contributed by atoms with van der Waals surface area (Å²) in [6, 6.07) is 17.6. The summed E-state index contributed by atoms with van der Waals surface area (Å²) in [5.74, 6) is -0.0178. The molecule has 196 valence electrons. The second kappa shape index (κ2) is 11.0. The van der Waals surface area contributed by atoms with Crippen molar-refractivity contribution in [3.63, 3.8) is 0 Å². The first-order chi connectivity index (χ1) is 16.1. The maximum absolute atomic E-state index is 13.5. The molecule has 3 aromatic rings. The van der Waals surface area contributed by atoms with E-state index in [9.17, 15) is 18.3 Å². The average molecular weight is 540 g/mol. The molecule has 0 aliphatic heterocycles. The van der Waals surface area contributed by atoms with Crippen LogP contribution in [0, 0.1) is 0 Å². The van der Waals surface area contributed by atoms with Crippen LogP contribution in [0.15, 0.2) is 60.7 Å². The summed E-state index contributed by atoms with van der Waals surface area (Å²) in [6.07, 6.45) is -4.59. The molecule has 0 atom stereocenters. The SMILES string of the molecule is CC(C)(C)c1cc(CN(Cc2ccccc2)C(C)(C)C)c(O)c(-c2ccc(Cl)c(C(F)(F)F)c2)c1.Cl. The van der Waals surface area contributed by atoms with Crippen molar-refractivity contribution < 1.29 is 18.3 Å². The summed E-state index contributed by atoms with van der Waals surface area (Å²) in [5.41, 5.74) is 1.96. The van der Waals surface area contributed by atoms with E-state index in [1.807, 2.05) is 45.0 Å². The topological polar surface area (TPSA) is 23.5 Å². The van der Waals surface area contributed by atoms with Gasteiger partial charge in [-0.1, -0.05) is 74.8 Å². The largest absolute Gasteiger partial charge is 0.507 e. The molecule has 36 heavy (non-hydrogen) atoms. The quantitative estimate of drug-likeness (QED) is 0.349. The first-order valence-electron chi connectivity index (χ1n) is 11.6. The molecule has 3 aromatic carbocycles. The Labute approximate surface area is 223 Å². The van der Waals surface area contributed by atoms with Crippen LogP contribution in [0.4, 0.5) is 13.2 Å². The third-order valence-electron chi connectivity index (χ3n) is 6.16. The summed E-state index contributed by atoms with van der Waals surface area (Å²) in [5, 5.41) is 11.0. The van der Waals surface area contributed by atoms with Gasteiger partial charge in [-0.05, 0) is 61.1 Å². The molecule has 3 rings (SSSR count). The smallest absolute Gasteiger partial charge is 0.417 e. The van der Waals surface area contributed by atoms with Crippen LogP contribution in [0.1, 0.15) is 63.8 Å². The normalized spacial score (nSPS) is 12.5. The lowest BCUT2D eigenvalue weighted by Gasteiger charge is -2.36. The Balaban J connectivity index is 0.00000456. The third kappa shape index (κ3) is 7.18. The van der Waals surface area contributed by atoms with Gasteiger partial charge in [0.25, 0.3) is 0 Å². The number of benzene rings is 3. The van der Waals surface area contributed by atoms with Gasteiger partial charge in [-0.2, -0.15) is 13.2 Å². The van der Waals surface area contributed by atoms with E-state index in [0.29, 0.717) is 24.2 Å². The molecular weight excluding hydrogens is 506 g/mol.